The highest BCUT2D eigenvalue weighted by Gasteiger charge is 2.11. The zero-order chi connectivity index (χ0) is 15.8. The molecule has 116 valence electrons. The molecule has 0 bridgehead atoms. The third-order valence-corrected chi connectivity index (χ3v) is 3.59. The van der Waals surface area contributed by atoms with Crippen molar-refractivity contribution < 1.29 is 9.59 Å². The van der Waals surface area contributed by atoms with Gasteiger partial charge in [-0.05, 0) is 24.6 Å². The van der Waals surface area contributed by atoms with Crippen LogP contribution in [0.25, 0.3) is 0 Å². The third kappa shape index (κ3) is 6.36. The Bertz CT molecular complexity index is 506. The number of carbonyl (C=O) groups is 2. The van der Waals surface area contributed by atoms with Crippen LogP contribution in [0.5, 0.6) is 0 Å². The van der Waals surface area contributed by atoms with E-state index >= 15 is 0 Å². The first-order valence-electron chi connectivity index (χ1n) is 6.94. The van der Waals surface area contributed by atoms with Crippen LogP contribution < -0.4 is 5.32 Å². The summed E-state index contributed by atoms with van der Waals surface area (Å²) in [7, 11) is 0. The Morgan fingerprint density at radius 1 is 1.24 bits per heavy atom. The number of nitrogens with zero attached hydrogens (tertiary/aromatic N) is 1. The Balaban J connectivity index is 2.50. The highest BCUT2D eigenvalue weighted by Crippen LogP contribution is 2.25. The van der Waals surface area contributed by atoms with Crippen LogP contribution in [-0.4, -0.2) is 29.8 Å². The predicted octanol–water partition coefficient (Wildman–Crippen LogP) is 3.97. The molecule has 0 spiro atoms. The summed E-state index contributed by atoms with van der Waals surface area (Å²) in [6.07, 6.45) is 2.18. The monoisotopic (exact) mass is 330 g/mol. The van der Waals surface area contributed by atoms with Gasteiger partial charge in [0.25, 0.3) is 0 Å². The molecule has 2 amide bonds. The molecule has 0 atom stereocenters. The quantitative estimate of drug-likeness (QED) is 0.822. The second kappa shape index (κ2) is 8.90. The molecule has 1 aromatic carbocycles. The molecule has 0 aromatic heterocycles. The molecule has 21 heavy (non-hydrogen) atoms. The molecule has 0 fully saturated rings. The Hall–Kier alpha value is -1.26. The van der Waals surface area contributed by atoms with Crippen LogP contribution in [0.4, 0.5) is 5.69 Å². The minimum Gasteiger partial charge on any atom is -0.342 e. The van der Waals surface area contributed by atoms with Crippen LogP contribution in [0.3, 0.4) is 0 Å². The van der Waals surface area contributed by atoms with Gasteiger partial charge in [-0.2, -0.15) is 0 Å². The van der Waals surface area contributed by atoms with Crippen LogP contribution in [0.15, 0.2) is 18.2 Å². The van der Waals surface area contributed by atoms with Crippen molar-refractivity contribution in [1.29, 1.82) is 0 Å². The van der Waals surface area contributed by atoms with Crippen molar-refractivity contribution in [3.8, 4) is 0 Å². The summed E-state index contributed by atoms with van der Waals surface area (Å²) in [4.78, 5) is 25.1. The van der Waals surface area contributed by atoms with Gasteiger partial charge in [0.1, 0.15) is 0 Å². The van der Waals surface area contributed by atoms with Crippen LogP contribution in [0.2, 0.25) is 10.0 Å². The maximum absolute atomic E-state index is 11.9. The summed E-state index contributed by atoms with van der Waals surface area (Å²) in [6, 6.07) is 4.89. The molecule has 1 rings (SSSR count). The van der Waals surface area contributed by atoms with E-state index in [-0.39, 0.29) is 18.2 Å². The standard InChI is InChI=1S/C15H20Cl2N2O2/c1-3-4-8-19(11(2)20)9-7-15(21)18-14-6-5-12(16)10-13(14)17/h5-6,10H,3-4,7-9H2,1-2H3,(H,18,21). The molecule has 4 nitrogen and oxygen atoms in total. The zero-order valence-corrected chi connectivity index (χ0v) is 13.8. The molecule has 0 aliphatic carbocycles. The number of halogens is 2. The van der Waals surface area contributed by atoms with Crippen molar-refractivity contribution in [2.75, 3.05) is 18.4 Å². The molecule has 0 aliphatic heterocycles. The summed E-state index contributed by atoms with van der Waals surface area (Å²) in [5.41, 5.74) is 0.522. The molecule has 1 N–H and O–H groups in total. The smallest absolute Gasteiger partial charge is 0.226 e. The fourth-order valence-electron chi connectivity index (χ4n) is 1.82. The lowest BCUT2D eigenvalue weighted by Gasteiger charge is -2.20. The number of benzene rings is 1. The van der Waals surface area contributed by atoms with Gasteiger partial charge in [-0.25, -0.2) is 0 Å². The number of hydrogen-bond donors (Lipinski definition) is 1. The highest BCUT2D eigenvalue weighted by molar-refractivity contribution is 6.36. The van der Waals surface area contributed by atoms with E-state index in [4.69, 9.17) is 23.2 Å². The highest BCUT2D eigenvalue weighted by atomic mass is 35.5. The summed E-state index contributed by atoms with van der Waals surface area (Å²) in [5.74, 6) is -0.192. The van der Waals surface area contributed by atoms with Crippen molar-refractivity contribution in [2.45, 2.75) is 33.1 Å². The summed E-state index contributed by atoms with van der Waals surface area (Å²) < 4.78 is 0. The minimum absolute atomic E-state index is 0.0132. The van der Waals surface area contributed by atoms with E-state index in [2.05, 4.69) is 12.2 Å². The number of hydrogen-bond acceptors (Lipinski definition) is 2. The van der Waals surface area contributed by atoms with Crippen LogP contribution in [0.1, 0.15) is 33.1 Å². The lowest BCUT2D eigenvalue weighted by Crippen LogP contribution is -2.32. The number of rotatable bonds is 7. The lowest BCUT2D eigenvalue weighted by molar-refractivity contribution is -0.129. The van der Waals surface area contributed by atoms with Gasteiger partial charge in [-0.15, -0.1) is 0 Å². The van der Waals surface area contributed by atoms with Gasteiger partial charge in [0.15, 0.2) is 0 Å². The minimum atomic E-state index is -0.179. The largest absolute Gasteiger partial charge is 0.342 e. The summed E-state index contributed by atoms with van der Waals surface area (Å²) in [6.45, 7) is 4.67. The number of anilines is 1. The Morgan fingerprint density at radius 3 is 2.52 bits per heavy atom. The van der Waals surface area contributed by atoms with Gasteiger partial charge in [0.05, 0.1) is 10.7 Å². The Morgan fingerprint density at radius 2 is 1.95 bits per heavy atom. The average Bonchev–Trinajstić information content (AvgIpc) is 2.41. The summed E-state index contributed by atoms with van der Waals surface area (Å²) >= 11 is 11.8. The zero-order valence-electron chi connectivity index (χ0n) is 12.3. The molecule has 6 heteroatoms. The molecule has 0 saturated carbocycles. The van der Waals surface area contributed by atoms with E-state index < -0.39 is 0 Å². The van der Waals surface area contributed by atoms with Crippen LogP contribution >= 0.6 is 23.2 Å². The van der Waals surface area contributed by atoms with Gasteiger partial charge < -0.3 is 10.2 Å². The third-order valence-electron chi connectivity index (χ3n) is 3.04. The molecule has 0 aliphatic rings. The SMILES string of the molecule is CCCCN(CCC(=O)Nc1ccc(Cl)cc1Cl)C(C)=O. The van der Waals surface area contributed by atoms with E-state index in [1.54, 1.807) is 23.1 Å². The number of amides is 2. The van der Waals surface area contributed by atoms with Crippen molar-refractivity contribution in [2.24, 2.45) is 0 Å². The van der Waals surface area contributed by atoms with E-state index in [1.807, 2.05) is 0 Å². The van der Waals surface area contributed by atoms with Crippen LogP contribution in [-0.2, 0) is 9.59 Å². The first kappa shape index (κ1) is 17.8. The van der Waals surface area contributed by atoms with Crippen molar-refractivity contribution in [3.05, 3.63) is 28.2 Å². The lowest BCUT2D eigenvalue weighted by atomic mass is 10.2. The fourth-order valence-corrected chi connectivity index (χ4v) is 2.27. The van der Waals surface area contributed by atoms with E-state index in [0.29, 0.717) is 28.8 Å². The molecular formula is C15H20Cl2N2O2. The second-order valence-corrected chi connectivity index (χ2v) is 5.63. The average molecular weight is 331 g/mol. The predicted molar refractivity (Wildman–Crippen MR) is 86.9 cm³/mol. The number of unbranched alkanes of at least 4 members (excludes halogenated alkanes) is 1. The number of carbonyl (C=O) groups excluding carboxylic acids is 2. The van der Waals surface area contributed by atoms with E-state index in [1.165, 1.54) is 6.92 Å². The van der Waals surface area contributed by atoms with E-state index in [9.17, 15) is 9.59 Å². The Labute approximate surface area is 135 Å². The molecule has 0 radical (unpaired) electrons. The molecule has 1 aromatic rings. The molecule has 0 saturated heterocycles. The molecule has 0 unspecified atom stereocenters. The van der Waals surface area contributed by atoms with Crippen molar-refractivity contribution in [1.82, 2.24) is 4.90 Å². The van der Waals surface area contributed by atoms with Crippen LogP contribution in [0, 0.1) is 0 Å². The first-order valence-corrected chi connectivity index (χ1v) is 7.70. The van der Waals surface area contributed by atoms with Gasteiger partial charge in [0.2, 0.25) is 11.8 Å². The molecular weight excluding hydrogens is 311 g/mol. The molecule has 0 heterocycles. The van der Waals surface area contributed by atoms with Gasteiger partial charge in [-0.1, -0.05) is 36.5 Å². The fraction of sp³-hybridized carbons (Fsp3) is 0.467. The summed E-state index contributed by atoms with van der Waals surface area (Å²) in [5, 5.41) is 3.63. The number of nitrogens with one attached hydrogen (secondary N) is 1. The van der Waals surface area contributed by atoms with Gasteiger partial charge in [0, 0.05) is 31.5 Å². The van der Waals surface area contributed by atoms with Crippen molar-refractivity contribution in [3.63, 3.8) is 0 Å². The topological polar surface area (TPSA) is 49.4 Å². The normalized spacial score (nSPS) is 10.3. The maximum atomic E-state index is 11.9. The van der Waals surface area contributed by atoms with Crippen molar-refractivity contribution >= 4 is 40.7 Å². The Kier molecular flexibility index (Phi) is 7.54. The first-order chi connectivity index (χ1) is 9.93. The maximum Gasteiger partial charge on any atom is 0.226 e. The second-order valence-electron chi connectivity index (χ2n) is 4.78. The van der Waals surface area contributed by atoms with Gasteiger partial charge >= 0.3 is 0 Å². The van der Waals surface area contributed by atoms with Gasteiger partial charge in [-0.3, -0.25) is 9.59 Å². The van der Waals surface area contributed by atoms with E-state index in [0.717, 1.165) is 12.8 Å².